The molecule has 0 aromatic heterocycles. The van der Waals surface area contributed by atoms with E-state index < -0.39 is 11.6 Å². The van der Waals surface area contributed by atoms with Gasteiger partial charge in [-0.2, -0.15) is 0 Å². The lowest BCUT2D eigenvalue weighted by molar-refractivity contribution is 0.0926. The maximum Gasteiger partial charge on any atom is 0.159 e. The molecule has 1 aliphatic rings. The molecule has 1 fully saturated rings. The zero-order valence-corrected chi connectivity index (χ0v) is 12.0. The van der Waals surface area contributed by atoms with Crippen molar-refractivity contribution in [3.63, 3.8) is 0 Å². The van der Waals surface area contributed by atoms with Gasteiger partial charge in [-0.25, -0.2) is 8.78 Å². The molecule has 1 heterocycles. The smallest absolute Gasteiger partial charge is 0.159 e. The molecule has 0 radical (unpaired) electrons. The average Bonchev–Trinajstić information content (AvgIpc) is 2.46. The van der Waals surface area contributed by atoms with E-state index in [0.29, 0.717) is 19.1 Å². The van der Waals surface area contributed by atoms with Crippen LogP contribution in [0, 0.1) is 11.6 Å². The van der Waals surface area contributed by atoms with Gasteiger partial charge in [0.25, 0.3) is 0 Å². The standard InChI is InChI=1S/C15H23F2N3/c1-2-13(10-18)20-7-5-19(6-8-20)11-12-3-4-14(16)15(17)9-12/h3-4,9,13H,2,5-8,10-11,18H2,1H3. The maximum absolute atomic E-state index is 13.2. The Labute approximate surface area is 119 Å². The summed E-state index contributed by atoms with van der Waals surface area (Å²) in [5.74, 6) is -1.55. The minimum absolute atomic E-state index is 0.459. The highest BCUT2D eigenvalue weighted by molar-refractivity contribution is 5.17. The van der Waals surface area contributed by atoms with Crippen LogP contribution in [0.3, 0.4) is 0 Å². The van der Waals surface area contributed by atoms with Crippen molar-refractivity contribution < 1.29 is 8.78 Å². The minimum atomic E-state index is -0.785. The third-order valence-corrected chi connectivity index (χ3v) is 4.06. The van der Waals surface area contributed by atoms with Gasteiger partial charge < -0.3 is 5.73 Å². The van der Waals surface area contributed by atoms with Gasteiger partial charge in [0.05, 0.1) is 0 Å². The number of nitrogens with zero attached hydrogens (tertiary/aromatic N) is 2. The predicted molar refractivity (Wildman–Crippen MR) is 76.3 cm³/mol. The fourth-order valence-electron chi connectivity index (χ4n) is 2.76. The van der Waals surface area contributed by atoms with Gasteiger partial charge in [-0.15, -0.1) is 0 Å². The van der Waals surface area contributed by atoms with Crippen molar-refractivity contribution in [2.75, 3.05) is 32.7 Å². The average molecular weight is 283 g/mol. The molecule has 112 valence electrons. The molecule has 20 heavy (non-hydrogen) atoms. The molecule has 0 amide bonds. The van der Waals surface area contributed by atoms with Crippen LogP contribution in [0.2, 0.25) is 0 Å². The minimum Gasteiger partial charge on any atom is -0.329 e. The quantitative estimate of drug-likeness (QED) is 0.894. The Morgan fingerprint density at radius 3 is 2.40 bits per heavy atom. The van der Waals surface area contributed by atoms with Crippen LogP contribution in [0.4, 0.5) is 8.78 Å². The fraction of sp³-hybridized carbons (Fsp3) is 0.600. The topological polar surface area (TPSA) is 32.5 Å². The van der Waals surface area contributed by atoms with E-state index in [0.717, 1.165) is 38.2 Å². The van der Waals surface area contributed by atoms with Crippen LogP contribution < -0.4 is 5.73 Å². The summed E-state index contributed by atoms with van der Waals surface area (Å²) >= 11 is 0. The summed E-state index contributed by atoms with van der Waals surface area (Å²) in [5.41, 5.74) is 6.59. The van der Waals surface area contributed by atoms with Crippen LogP contribution in [-0.4, -0.2) is 48.6 Å². The van der Waals surface area contributed by atoms with Gasteiger partial charge in [-0.3, -0.25) is 9.80 Å². The normalized spacial score (nSPS) is 19.2. The van der Waals surface area contributed by atoms with E-state index in [-0.39, 0.29) is 0 Å². The first-order chi connectivity index (χ1) is 9.63. The molecule has 1 saturated heterocycles. The van der Waals surface area contributed by atoms with Crippen molar-refractivity contribution in [1.82, 2.24) is 9.80 Å². The Balaban J connectivity index is 1.86. The Kier molecular flexibility index (Phi) is 5.46. The van der Waals surface area contributed by atoms with Crippen molar-refractivity contribution in [1.29, 1.82) is 0 Å². The van der Waals surface area contributed by atoms with Gasteiger partial charge in [0.1, 0.15) is 0 Å². The second-order valence-corrected chi connectivity index (χ2v) is 5.36. The third-order valence-electron chi connectivity index (χ3n) is 4.06. The number of rotatable bonds is 5. The van der Waals surface area contributed by atoms with Crippen molar-refractivity contribution in [3.05, 3.63) is 35.4 Å². The summed E-state index contributed by atoms with van der Waals surface area (Å²) in [6.45, 7) is 7.37. The van der Waals surface area contributed by atoms with Crippen molar-refractivity contribution in [2.45, 2.75) is 25.9 Å². The zero-order valence-electron chi connectivity index (χ0n) is 12.0. The first-order valence-corrected chi connectivity index (χ1v) is 7.24. The van der Waals surface area contributed by atoms with Crippen molar-refractivity contribution in [3.8, 4) is 0 Å². The van der Waals surface area contributed by atoms with Gasteiger partial charge in [-0.1, -0.05) is 13.0 Å². The van der Waals surface area contributed by atoms with Gasteiger partial charge in [0, 0.05) is 45.3 Å². The van der Waals surface area contributed by atoms with Crippen LogP contribution in [0.15, 0.2) is 18.2 Å². The van der Waals surface area contributed by atoms with E-state index in [1.165, 1.54) is 12.1 Å². The molecule has 0 bridgehead atoms. The molecule has 0 aliphatic carbocycles. The number of hydrogen-bond acceptors (Lipinski definition) is 3. The Hall–Kier alpha value is -1.04. The Bertz CT molecular complexity index is 427. The highest BCUT2D eigenvalue weighted by Gasteiger charge is 2.21. The monoisotopic (exact) mass is 283 g/mol. The highest BCUT2D eigenvalue weighted by atomic mass is 19.2. The summed E-state index contributed by atoms with van der Waals surface area (Å²) in [4.78, 5) is 4.69. The second-order valence-electron chi connectivity index (χ2n) is 5.36. The molecule has 2 N–H and O–H groups in total. The van der Waals surface area contributed by atoms with E-state index >= 15 is 0 Å². The second kappa shape index (κ2) is 7.11. The first-order valence-electron chi connectivity index (χ1n) is 7.24. The maximum atomic E-state index is 13.2. The first kappa shape index (κ1) is 15.4. The molecule has 0 spiro atoms. The Morgan fingerprint density at radius 1 is 1.15 bits per heavy atom. The van der Waals surface area contributed by atoms with Gasteiger partial charge in [-0.05, 0) is 24.1 Å². The molecule has 1 unspecified atom stereocenters. The van der Waals surface area contributed by atoms with Crippen LogP contribution in [0.5, 0.6) is 0 Å². The van der Waals surface area contributed by atoms with Gasteiger partial charge in [0.15, 0.2) is 11.6 Å². The Morgan fingerprint density at radius 2 is 1.85 bits per heavy atom. The van der Waals surface area contributed by atoms with Crippen LogP contribution in [-0.2, 0) is 6.54 Å². The third kappa shape index (κ3) is 3.75. The van der Waals surface area contributed by atoms with Crippen LogP contribution >= 0.6 is 0 Å². The number of halogens is 2. The largest absolute Gasteiger partial charge is 0.329 e. The number of benzene rings is 1. The van der Waals surface area contributed by atoms with Crippen molar-refractivity contribution >= 4 is 0 Å². The van der Waals surface area contributed by atoms with Crippen molar-refractivity contribution in [2.24, 2.45) is 5.73 Å². The van der Waals surface area contributed by atoms with Crippen LogP contribution in [0.1, 0.15) is 18.9 Å². The molecule has 1 atom stereocenters. The summed E-state index contributed by atoms with van der Waals surface area (Å²) in [7, 11) is 0. The lowest BCUT2D eigenvalue weighted by atomic mass is 10.1. The van der Waals surface area contributed by atoms with E-state index in [4.69, 9.17) is 5.73 Å². The van der Waals surface area contributed by atoms with Crippen LogP contribution in [0.25, 0.3) is 0 Å². The lowest BCUT2D eigenvalue weighted by Crippen LogP contribution is -2.51. The molecule has 5 heteroatoms. The summed E-state index contributed by atoms with van der Waals surface area (Å²) < 4.78 is 26.1. The highest BCUT2D eigenvalue weighted by Crippen LogP contribution is 2.14. The fourth-order valence-corrected chi connectivity index (χ4v) is 2.76. The number of piperazine rings is 1. The molecule has 3 nitrogen and oxygen atoms in total. The molecule has 1 aliphatic heterocycles. The molecule has 2 rings (SSSR count). The number of hydrogen-bond donors (Lipinski definition) is 1. The van der Waals surface area contributed by atoms with E-state index in [1.54, 1.807) is 6.07 Å². The lowest BCUT2D eigenvalue weighted by Gasteiger charge is -2.38. The van der Waals surface area contributed by atoms with E-state index in [1.807, 2.05) is 0 Å². The zero-order chi connectivity index (χ0) is 14.5. The van der Waals surface area contributed by atoms with E-state index in [9.17, 15) is 8.78 Å². The summed E-state index contributed by atoms with van der Waals surface area (Å²) in [5, 5.41) is 0. The van der Waals surface area contributed by atoms with Gasteiger partial charge in [0.2, 0.25) is 0 Å². The molecule has 0 saturated carbocycles. The molecule has 1 aromatic carbocycles. The summed E-state index contributed by atoms with van der Waals surface area (Å²) in [6, 6.07) is 4.60. The molecule has 1 aromatic rings. The SMILES string of the molecule is CCC(CN)N1CCN(Cc2ccc(F)c(F)c2)CC1. The predicted octanol–water partition coefficient (Wildman–Crippen LogP) is 1.82. The molecular weight excluding hydrogens is 260 g/mol. The summed E-state index contributed by atoms with van der Waals surface area (Å²) in [6.07, 6.45) is 1.07. The van der Waals surface area contributed by atoms with Gasteiger partial charge >= 0.3 is 0 Å². The number of nitrogens with two attached hydrogens (primary N) is 1. The van der Waals surface area contributed by atoms with E-state index in [2.05, 4.69) is 16.7 Å². The molecular formula is C15H23F2N3.